The molecule has 6 nitrogen and oxygen atoms in total. The fraction of sp³-hybridized carbons (Fsp3) is 0.361. The van der Waals surface area contributed by atoms with Crippen molar-refractivity contribution in [2.75, 3.05) is 26.2 Å². The Balaban J connectivity index is 1.56. The first-order valence-electron chi connectivity index (χ1n) is 17.5. The van der Waals surface area contributed by atoms with Crippen molar-refractivity contribution in [3.05, 3.63) is 68.4 Å². The summed E-state index contributed by atoms with van der Waals surface area (Å²) in [6.07, 6.45) is -3.14. The number of amides is 1. The molecule has 4 aromatic rings. The van der Waals surface area contributed by atoms with Crippen LogP contribution in [-0.2, 0) is 42.7 Å². The third kappa shape index (κ3) is 8.78. The van der Waals surface area contributed by atoms with Gasteiger partial charge in [-0.2, -0.15) is 18.2 Å². The molecule has 16 radical (unpaired) electrons. The predicted octanol–water partition coefficient (Wildman–Crippen LogP) is -2.43. The molecule has 0 aliphatic heterocycles. The molecule has 55 heavy (non-hydrogen) atoms. The topological polar surface area (TPSA) is 58.4 Å². The maximum atomic E-state index is 14.4. The summed E-state index contributed by atoms with van der Waals surface area (Å²) in [4.78, 5) is 35.5. The van der Waals surface area contributed by atoms with E-state index < -0.39 is 33.6 Å². The monoisotopic (exact) mass is 746 g/mol. The Kier molecular flexibility index (Phi) is 13.5. The molecule has 0 saturated heterocycles. The van der Waals surface area contributed by atoms with Crippen molar-refractivity contribution in [1.29, 1.82) is 0 Å². The zero-order valence-corrected chi connectivity index (χ0v) is 31.3. The van der Waals surface area contributed by atoms with Gasteiger partial charge in [-0.3, -0.25) is 9.59 Å². The van der Waals surface area contributed by atoms with E-state index in [0.29, 0.717) is 48.9 Å². The average molecular weight is 745 g/mol. The number of aromatic nitrogens is 2. The third-order valence-electron chi connectivity index (χ3n) is 10.0. The Bertz CT molecular complexity index is 2130. The molecule has 1 aliphatic rings. The van der Waals surface area contributed by atoms with Crippen molar-refractivity contribution in [1.82, 2.24) is 19.4 Å². The van der Waals surface area contributed by atoms with Gasteiger partial charge in [-0.15, -0.1) is 0 Å². The second-order valence-electron chi connectivity index (χ2n) is 13.2. The highest BCUT2D eigenvalue weighted by molar-refractivity contribution is 7.98. The van der Waals surface area contributed by atoms with E-state index in [1.807, 2.05) is 13.8 Å². The first-order chi connectivity index (χ1) is 25.9. The van der Waals surface area contributed by atoms with E-state index in [1.165, 1.54) is 23.9 Å². The molecule has 0 N–H and O–H groups in total. The largest absolute Gasteiger partial charge is 0.415 e. The molecular formula is C36H30B8F4N4O2S. The van der Waals surface area contributed by atoms with Crippen LogP contribution < -0.4 is 49.3 Å². The minimum absolute atomic E-state index is 0.111. The number of halogens is 4. The first kappa shape index (κ1) is 42.7. The second-order valence-corrected chi connectivity index (χ2v) is 14.2. The Morgan fingerprint density at radius 1 is 0.818 bits per heavy atom. The van der Waals surface area contributed by atoms with E-state index in [1.54, 1.807) is 21.6 Å². The molecule has 0 fully saturated rings. The number of nitrogens with zero attached hydrogens (tertiary/aromatic N) is 4. The number of hydrogen-bond donors (Lipinski definition) is 0. The molecule has 5 rings (SSSR count). The first-order valence-corrected chi connectivity index (χ1v) is 18.5. The Morgan fingerprint density at radius 2 is 1.36 bits per heavy atom. The molecule has 1 heterocycles. The quantitative estimate of drug-likeness (QED) is 0.0661. The molecule has 0 saturated carbocycles. The molecule has 0 bridgehead atoms. The maximum Gasteiger partial charge on any atom is 0.415 e. The third-order valence-corrected chi connectivity index (χ3v) is 11.1. The molecule has 0 spiro atoms. The summed E-state index contributed by atoms with van der Waals surface area (Å²) in [6, 6.07) is 5.97. The van der Waals surface area contributed by atoms with Gasteiger partial charge in [-0.25, -0.2) is 4.39 Å². The molecule has 264 valence electrons. The van der Waals surface area contributed by atoms with E-state index in [-0.39, 0.29) is 75.5 Å². The second kappa shape index (κ2) is 17.4. The zero-order valence-electron chi connectivity index (χ0n) is 30.5. The van der Waals surface area contributed by atoms with Crippen LogP contribution in [0.4, 0.5) is 17.6 Å². The number of alkyl halides is 3. The fourth-order valence-corrected chi connectivity index (χ4v) is 7.80. The number of carbonyl (C=O) groups excluding carboxylic acids is 1. The molecule has 0 atom stereocenters. The van der Waals surface area contributed by atoms with E-state index in [9.17, 15) is 27.2 Å². The lowest BCUT2D eigenvalue weighted by molar-refractivity contribution is -0.136. The number of fused-ring (bicyclic) bond motifs is 1. The summed E-state index contributed by atoms with van der Waals surface area (Å²) >= 11 is 1.26. The highest BCUT2D eigenvalue weighted by Gasteiger charge is 2.36. The number of rotatable bonds is 13. The van der Waals surface area contributed by atoms with Gasteiger partial charge in [0.2, 0.25) is 5.91 Å². The normalized spacial score (nSPS) is 12.7. The molecule has 1 aliphatic carbocycles. The number of carbonyl (C=O) groups is 1. The molecule has 1 aromatic heterocycles. The summed E-state index contributed by atoms with van der Waals surface area (Å²) in [7, 11) is 50.1. The lowest BCUT2D eigenvalue weighted by atomic mass is 9.58. The van der Waals surface area contributed by atoms with Crippen molar-refractivity contribution >= 4 is 124 Å². The van der Waals surface area contributed by atoms with Gasteiger partial charge in [0, 0.05) is 42.2 Å². The average Bonchev–Trinajstić information content (AvgIpc) is 3.64. The van der Waals surface area contributed by atoms with Gasteiger partial charge in [0.25, 0.3) is 5.56 Å². The van der Waals surface area contributed by atoms with Crippen LogP contribution in [-0.4, -0.2) is 114 Å². The standard InChI is InChI=1S/C36H30B8F4N4O2S/c1-3-50(4-2)12-13-51(22(53)15-52-21-7-5-6-19(21)34(54)49-35(52)55-16-17-8-10-18(45)11-9-17)14-20-26(37)28(39)23(29(40)27(20)38)24-30(41)32(43)25(36(46,47)48)33(44)31(24)42/h8-11H,3-7,12-16H2,1-2H3. The number of thioether (sulfide) groups is 1. The summed E-state index contributed by atoms with van der Waals surface area (Å²) in [6.45, 7) is 5.75. The van der Waals surface area contributed by atoms with Gasteiger partial charge in [0.15, 0.2) is 5.16 Å². The molecular weight excluding hydrogens is 715 g/mol. The minimum Gasteiger partial charge on any atom is -0.336 e. The summed E-state index contributed by atoms with van der Waals surface area (Å²) < 4.78 is 56.8. The zero-order chi connectivity index (χ0) is 40.5. The smallest absolute Gasteiger partial charge is 0.336 e. The number of hydrogen-bond acceptors (Lipinski definition) is 5. The molecule has 1 amide bonds. The Labute approximate surface area is 333 Å². The predicted molar refractivity (Wildman–Crippen MR) is 220 cm³/mol. The van der Waals surface area contributed by atoms with E-state index in [4.69, 9.17) is 62.8 Å². The van der Waals surface area contributed by atoms with Crippen LogP contribution in [0, 0.1) is 5.82 Å². The van der Waals surface area contributed by atoms with Crippen LogP contribution in [0.2, 0.25) is 0 Å². The summed E-state index contributed by atoms with van der Waals surface area (Å²) in [5.41, 5.74) is -3.44. The lowest BCUT2D eigenvalue weighted by Crippen LogP contribution is -2.53. The Morgan fingerprint density at radius 3 is 1.89 bits per heavy atom. The molecule has 0 unspecified atom stereocenters. The maximum absolute atomic E-state index is 14.4. The lowest BCUT2D eigenvalue weighted by Gasteiger charge is -2.32. The Hall–Kier alpha value is -3.44. The fourth-order valence-electron chi connectivity index (χ4n) is 6.84. The van der Waals surface area contributed by atoms with Gasteiger partial charge in [-0.05, 0) is 66.7 Å². The van der Waals surface area contributed by atoms with E-state index in [0.717, 1.165) is 17.7 Å². The van der Waals surface area contributed by atoms with Crippen molar-refractivity contribution in [2.45, 2.75) is 63.3 Å². The number of likely N-dealkylation sites (N-methyl/N-ethyl adjacent to an activating group) is 1. The van der Waals surface area contributed by atoms with Gasteiger partial charge in [0.1, 0.15) is 75.1 Å². The highest BCUT2D eigenvalue weighted by Crippen LogP contribution is 2.28. The van der Waals surface area contributed by atoms with E-state index >= 15 is 0 Å². The summed E-state index contributed by atoms with van der Waals surface area (Å²) in [5.74, 6) is -0.361. The van der Waals surface area contributed by atoms with Crippen molar-refractivity contribution in [2.24, 2.45) is 0 Å². The molecule has 19 heteroatoms. The summed E-state index contributed by atoms with van der Waals surface area (Å²) in [5, 5.41) is 0.342. The minimum atomic E-state index is -4.97. The SMILES string of the molecule is [B]c1c([B])c(-c2c([B])c([B])c(C(F)(F)F)c([B])c2[B])c([B])c([B])c1CN(CCN(CC)CC)C(=O)Cn1c(SCc2ccc(F)cc2)nc(=O)c2c1CCC2. The van der Waals surface area contributed by atoms with Gasteiger partial charge < -0.3 is 14.4 Å². The van der Waals surface area contributed by atoms with Gasteiger partial charge >= 0.3 is 6.18 Å². The molecule has 3 aromatic carbocycles. The highest BCUT2D eigenvalue weighted by atomic mass is 32.2. The van der Waals surface area contributed by atoms with Crippen LogP contribution in [0.1, 0.15) is 48.2 Å². The van der Waals surface area contributed by atoms with Gasteiger partial charge in [0.05, 0.1) is 0 Å². The van der Waals surface area contributed by atoms with Crippen LogP contribution in [0.15, 0.2) is 34.2 Å². The van der Waals surface area contributed by atoms with Crippen molar-refractivity contribution in [3.8, 4) is 11.1 Å². The van der Waals surface area contributed by atoms with E-state index in [2.05, 4.69) is 9.88 Å². The van der Waals surface area contributed by atoms with Crippen LogP contribution in [0.3, 0.4) is 0 Å². The van der Waals surface area contributed by atoms with Crippen molar-refractivity contribution in [3.63, 3.8) is 0 Å². The number of benzene rings is 3. The van der Waals surface area contributed by atoms with Crippen LogP contribution in [0.5, 0.6) is 0 Å². The van der Waals surface area contributed by atoms with Crippen LogP contribution >= 0.6 is 11.8 Å². The van der Waals surface area contributed by atoms with Gasteiger partial charge in [-0.1, -0.05) is 81.4 Å². The van der Waals surface area contributed by atoms with Crippen LogP contribution in [0.25, 0.3) is 11.1 Å². The van der Waals surface area contributed by atoms with Crippen molar-refractivity contribution < 1.29 is 22.4 Å².